The SMILES string of the molecule is CCNC(=NCC1(CCO)CCOC1)NCC1(c2ccc(F)cc2)CCC1.I. The lowest BCUT2D eigenvalue weighted by Crippen LogP contribution is -2.49. The lowest BCUT2D eigenvalue weighted by molar-refractivity contribution is 0.131. The van der Waals surface area contributed by atoms with Gasteiger partial charge in [0, 0.05) is 37.1 Å². The molecule has 1 aromatic carbocycles. The van der Waals surface area contributed by atoms with E-state index < -0.39 is 0 Å². The number of guanidine groups is 1. The second-order valence-corrected chi connectivity index (χ2v) is 7.97. The minimum Gasteiger partial charge on any atom is -0.396 e. The molecule has 1 saturated carbocycles. The monoisotopic (exact) mass is 505 g/mol. The van der Waals surface area contributed by atoms with Crippen LogP contribution in [0.2, 0.25) is 0 Å². The average Bonchev–Trinajstić information content (AvgIpc) is 3.09. The molecule has 3 N–H and O–H groups in total. The number of aliphatic imine (C=N–C) groups is 1. The van der Waals surface area contributed by atoms with Crippen molar-refractivity contribution in [3.8, 4) is 0 Å². The molecule has 5 nitrogen and oxygen atoms in total. The maximum absolute atomic E-state index is 13.3. The number of ether oxygens (including phenoxy) is 1. The van der Waals surface area contributed by atoms with Crippen molar-refractivity contribution in [1.82, 2.24) is 10.6 Å². The van der Waals surface area contributed by atoms with E-state index in [1.54, 1.807) is 12.1 Å². The standard InChI is InChI=1S/C21H32FN3O2.HI/c1-2-23-19(24-14-20(10-12-26)11-13-27-16-20)25-15-21(8-3-9-21)17-4-6-18(22)7-5-17;/h4-7,26H,2-3,8-16H2,1H3,(H2,23,24,25);1H. The largest absolute Gasteiger partial charge is 0.396 e. The topological polar surface area (TPSA) is 65.9 Å². The van der Waals surface area contributed by atoms with E-state index in [2.05, 4.69) is 17.6 Å². The van der Waals surface area contributed by atoms with Gasteiger partial charge < -0.3 is 20.5 Å². The van der Waals surface area contributed by atoms with Gasteiger partial charge in [-0.3, -0.25) is 4.99 Å². The van der Waals surface area contributed by atoms with Crippen LogP contribution in [-0.4, -0.2) is 50.5 Å². The summed E-state index contributed by atoms with van der Waals surface area (Å²) in [6.45, 7) is 5.84. The summed E-state index contributed by atoms with van der Waals surface area (Å²) in [5.74, 6) is 0.610. The highest BCUT2D eigenvalue weighted by Gasteiger charge is 2.39. The molecule has 2 aliphatic rings. The molecule has 3 rings (SSSR count). The van der Waals surface area contributed by atoms with E-state index in [-0.39, 0.29) is 47.2 Å². The number of hydrogen-bond acceptors (Lipinski definition) is 3. The summed E-state index contributed by atoms with van der Waals surface area (Å²) in [4.78, 5) is 4.80. The summed E-state index contributed by atoms with van der Waals surface area (Å²) in [6.07, 6.45) is 5.07. The summed E-state index contributed by atoms with van der Waals surface area (Å²) in [5, 5.41) is 16.2. The summed E-state index contributed by atoms with van der Waals surface area (Å²) in [5.41, 5.74) is 1.20. The van der Waals surface area contributed by atoms with Crippen LogP contribution in [0.3, 0.4) is 0 Å². The molecule has 1 aliphatic carbocycles. The van der Waals surface area contributed by atoms with Crippen molar-refractivity contribution < 1.29 is 14.2 Å². The fourth-order valence-corrected chi connectivity index (χ4v) is 4.10. The van der Waals surface area contributed by atoms with Gasteiger partial charge in [0.2, 0.25) is 0 Å². The number of aliphatic hydroxyl groups excluding tert-OH is 1. The molecular weight excluding hydrogens is 472 g/mol. The number of halogens is 2. The number of nitrogens with one attached hydrogen (secondary N) is 2. The number of aliphatic hydroxyl groups is 1. The predicted molar refractivity (Wildman–Crippen MR) is 121 cm³/mol. The van der Waals surface area contributed by atoms with Crippen LogP contribution in [0.15, 0.2) is 29.3 Å². The zero-order valence-corrected chi connectivity index (χ0v) is 19.0. The van der Waals surface area contributed by atoms with Gasteiger partial charge in [-0.1, -0.05) is 18.6 Å². The molecular formula is C21H33FIN3O2. The first-order valence-electron chi connectivity index (χ1n) is 10.1. The highest BCUT2D eigenvalue weighted by Crippen LogP contribution is 2.43. The Balaban J connectivity index is 0.00000280. The Kier molecular flexibility index (Phi) is 8.95. The fourth-order valence-electron chi connectivity index (χ4n) is 4.10. The summed E-state index contributed by atoms with van der Waals surface area (Å²) in [6, 6.07) is 6.92. The van der Waals surface area contributed by atoms with Gasteiger partial charge in [0.25, 0.3) is 0 Å². The zero-order chi connectivity index (χ0) is 19.2. The van der Waals surface area contributed by atoms with Crippen LogP contribution >= 0.6 is 24.0 Å². The van der Waals surface area contributed by atoms with Crippen LogP contribution in [0, 0.1) is 11.2 Å². The van der Waals surface area contributed by atoms with Crippen molar-refractivity contribution in [1.29, 1.82) is 0 Å². The van der Waals surface area contributed by atoms with Crippen LogP contribution in [0.1, 0.15) is 44.6 Å². The second-order valence-electron chi connectivity index (χ2n) is 7.97. The van der Waals surface area contributed by atoms with E-state index in [4.69, 9.17) is 9.73 Å². The maximum atomic E-state index is 13.3. The van der Waals surface area contributed by atoms with E-state index in [0.717, 1.165) is 51.3 Å². The minimum atomic E-state index is -0.191. The molecule has 0 radical (unpaired) electrons. The highest BCUT2D eigenvalue weighted by molar-refractivity contribution is 14.0. The molecule has 0 aromatic heterocycles. The molecule has 158 valence electrons. The van der Waals surface area contributed by atoms with Crippen molar-refractivity contribution in [2.45, 2.75) is 44.4 Å². The Morgan fingerprint density at radius 3 is 2.50 bits per heavy atom. The van der Waals surface area contributed by atoms with E-state index in [1.165, 1.54) is 12.0 Å². The van der Waals surface area contributed by atoms with Crippen LogP contribution in [0.4, 0.5) is 4.39 Å². The fraction of sp³-hybridized carbons (Fsp3) is 0.667. The first kappa shape index (κ1) is 23.3. The van der Waals surface area contributed by atoms with Crippen molar-refractivity contribution in [3.63, 3.8) is 0 Å². The van der Waals surface area contributed by atoms with E-state index in [0.29, 0.717) is 13.2 Å². The molecule has 1 atom stereocenters. The predicted octanol–water partition coefficient (Wildman–Crippen LogP) is 3.21. The zero-order valence-electron chi connectivity index (χ0n) is 16.7. The Bertz CT molecular complexity index is 629. The van der Waals surface area contributed by atoms with Crippen molar-refractivity contribution in [2.24, 2.45) is 10.4 Å². The first-order chi connectivity index (χ1) is 13.1. The lowest BCUT2D eigenvalue weighted by Gasteiger charge is -2.43. The summed E-state index contributed by atoms with van der Waals surface area (Å²) >= 11 is 0. The minimum absolute atomic E-state index is 0. The summed E-state index contributed by atoms with van der Waals surface area (Å²) < 4.78 is 18.8. The Morgan fingerprint density at radius 1 is 1.21 bits per heavy atom. The van der Waals surface area contributed by atoms with E-state index >= 15 is 0 Å². The van der Waals surface area contributed by atoms with Gasteiger partial charge >= 0.3 is 0 Å². The number of benzene rings is 1. The van der Waals surface area contributed by atoms with Gasteiger partial charge in [0.1, 0.15) is 5.82 Å². The molecule has 0 amide bonds. The third kappa shape index (κ3) is 5.57. The Labute approximate surface area is 184 Å². The molecule has 7 heteroatoms. The molecule has 1 heterocycles. The lowest BCUT2D eigenvalue weighted by atomic mass is 9.64. The maximum Gasteiger partial charge on any atom is 0.191 e. The first-order valence-corrected chi connectivity index (χ1v) is 10.1. The van der Waals surface area contributed by atoms with Crippen molar-refractivity contribution in [3.05, 3.63) is 35.6 Å². The number of hydrogen-bond donors (Lipinski definition) is 3. The normalized spacial score (nSPS) is 23.6. The average molecular weight is 505 g/mol. The molecule has 0 spiro atoms. The van der Waals surface area contributed by atoms with Crippen LogP contribution in [-0.2, 0) is 10.2 Å². The smallest absolute Gasteiger partial charge is 0.191 e. The molecule has 1 saturated heterocycles. The third-order valence-corrected chi connectivity index (χ3v) is 6.11. The molecule has 28 heavy (non-hydrogen) atoms. The van der Waals surface area contributed by atoms with Gasteiger partial charge in [-0.25, -0.2) is 4.39 Å². The van der Waals surface area contributed by atoms with Gasteiger partial charge in [-0.2, -0.15) is 0 Å². The Morgan fingerprint density at radius 2 is 1.96 bits per heavy atom. The van der Waals surface area contributed by atoms with Crippen LogP contribution in [0.25, 0.3) is 0 Å². The molecule has 2 fully saturated rings. The number of nitrogens with zero attached hydrogens (tertiary/aromatic N) is 1. The summed E-state index contributed by atoms with van der Waals surface area (Å²) in [7, 11) is 0. The van der Waals surface area contributed by atoms with E-state index in [9.17, 15) is 9.50 Å². The third-order valence-electron chi connectivity index (χ3n) is 6.11. The van der Waals surface area contributed by atoms with E-state index in [1.807, 2.05) is 12.1 Å². The van der Waals surface area contributed by atoms with Gasteiger partial charge in [0.05, 0.1) is 13.2 Å². The van der Waals surface area contributed by atoms with Crippen molar-refractivity contribution in [2.75, 3.05) is 39.5 Å². The molecule has 1 unspecified atom stereocenters. The van der Waals surface area contributed by atoms with Crippen LogP contribution < -0.4 is 10.6 Å². The quantitative estimate of drug-likeness (QED) is 0.289. The second kappa shape index (κ2) is 10.7. The number of rotatable bonds is 8. The molecule has 0 bridgehead atoms. The molecule has 1 aromatic rings. The van der Waals surface area contributed by atoms with Gasteiger partial charge in [0.15, 0.2) is 5.96 Å². The van der Waals surface area contributed by atoms with Gasteiger partial charge in [-0.15, -0.1) is 24.0 Å². The van der Waals surface area contributed by atoms with Crippen LogP contribution in [0.5, 0.6) is 0 Å². The van der Waals surface area contributed by atoms with Gasteiger partial charge in [-0.05, 0) is 50.3 Å². The highest BCUT2D eigenvalue weighted by atomic mass is 127. The van der Waals surface area contributed by atoms with Crippen molar-refractivity contribution >= 4 is 29.9 Å². The Hall–Kier alpha value is -0.930. The molecule has 1 aliphatic heterocycles.